The maximum atomic E-state index is 12.0. The number of nitrogens with one attached hydrogen (secondary N) is 1. The van der Waals surface area contributed by atoms with Gasteiger partial charge in [0, 0.05) is 17.2 Å². The summed E-state index contributed by atoms with van der Waals surface area (Å²) in [5.74, 6) is 0.762. The summed E-state index contributed by atoms with van der Waals surface area (Å²) in [6.07, 6.45) is 6.60. The molecule has 0 aliphatic heterocycles. The van der Waals surface area contributed by atoms with Crippen LogP contribution in [0.4, 0.5) is 5.69 Å². The van der Waals surface area contributed by atoms with Crippen molar-refractivity contribution < 1.29 is 14.0 Å². The van der Waals surface area contributed by atoms with Gasteiger partial charge < -0.3 is 9.73 Å². The minimum atomic E-state index is -0.105. The molecule has 0 unspecified atom stereocenters. The van der Waals surface area contributed by atoms with Crippen LogP contribution in [-0.4, -0.2) is 11.7 Å². The third kappa shape index (κ3) is 3.48. The Labute approximate surface area is 122 Å². The molecule has 4 heteroatoms. The fourth-order valence-corrected chi connectivity index (χ4v) is 1.95. The van der Waals surface area contributed by atoms with E-state index in [4.69, 9.17) is 4.42 Å². The Hall–Kier alpha value is -2.62. The average molecular weight is 281 g/mol. The highest BCUT2D eigenvalue weighted by Crippen LogP contribution is 2.30. The quantitative estimate of drug-likeness (QED) is 0.673. The van der Waals surface area contributed by atoms with Gasteiger partial charge in [0.15, 0.2) is 5.78 Å². The van der Waals surface area contributed by atoms with Gasteiger partial charge in [-0.1, -0.05) is 0 Å². The van der Waals surface area contributed by atoms with E-state index < -0.39 is 0 Å². The van der Waals surface area contributed by atoms with Crippen molar-refractivity contribution in [2.75, 3.05) is 5.32 Å². The molecule has 21 heavy (non-hydrogen) atoms. The number of allylic oxidation sites excluding steroid dienone is 1. The van der Waals surface area contributed by atoms with Crippen LogP contribution in [0.1, 0.15) is 29.0 Å². The molecule has 1 aliphatic carbocycles. The Kier molecular flexibility index (Phi) is 3.69. The van der Waals surface area contributed by atoms with Crippen LogP contribution in [0.15, 0.2) is 53.2 Å². The van der Waals surface area contributed by atoms with Crippen LogP contribution in [0.2, 0.25) is 0 Å². The molecular weight excluding hydrogens is 266 g/mol. The zero-order chi connectivity index (χ0) is 14.7. The number of hydrogen-bond acceptors (Lipinski definition) is 3. The number of rotatable bonds is 5. The van der Waals surface area contributed by atoms with Crippen molar-refractivity contribution in [2.24, 2.45) is 5.92 Å². The Balaban J connectivity index is 1.63. The molecule has 1 aromatic carbocycles. The predicted molar refractivity (Wildman–Crippen MR) is 79.9 cm³/mol. The lowest BCUT2D eigenvalue weighted by Crippen LogP contribution is -2.13. The number of carbonyl (C=O) groups is 2. The van der Waals surface area contributed by atoms with Crippen LogP contribution < -0.4 is 5.32 Å². The Bertz CT molecular complexity index is 665. The number of amides is 1. The first-order valence-corrected chi connectivity index (χ1v) is 6.89. The maximum absolute atomic E-state index is 12.0. The number of benzene rings is 1. The number of furan rings is 1. The molecule has 1 heterocycles. The predicted octanol–water partition coefficient (Wildman–Crippen LogP) is 3.52. The van der Waals surface area contributed by atoms with Gasteiger partial charge in [0.2, 0.25) is 5.91 Å². The van der Waals surface area contributed by atoms with Crippen molar-refractivity contribution in [3.05, 3.63) is 60.1 Å². The van der Waals surface area contributed by atoms with Crippen molar-refractivity contribution in [2.45, 2.75) is 12.8 Å². The van der Waals surface area contributed by atoms with E-state index in [0.29, 0.717) is 11.3 Å². The van der Waals surface area contributed by atoms with Crippen molar-refractivity contribution in [3.63, 3.8) is 0 Å². The molecule has 1 saturated carbocycles. The Morgan fingerprint density at radius 3 is 2.52 bits per heavy atom. The Morgan fingerprint density at radius 1 is 1.14 bits per heavy atom. The minimum absolute atomic E-state index is 0.0618. The molecule has 1 amide bonds. The van der Waals surface area contributed by atoms with E-state index in [9.17, 15) is 9.59 Å². The highest BCUT2D eigenvalue weighted by Gasteiger charge is 2.29. The van der Waals surface area contributed by atoms with Crippen LogP contribution in [0.3, 0.4) is 0 Å². The van der Waals surface area contributed by atoms with Crippen LogP contribution in [-0.2, 0) is 4.79 Å². The second kappa shape index (κ2) is 5.79. The van der Waals surface area contributed by atoms with E-state index in [0.717, 1.165) is 18.5 Å². The number of ketones is 1. The van der Waals surface area contributed by atoms with Gasteiger partial charge in [-0.3, -0.25) is 9.59 Å². The van der Waals surface area contributed by atoms with Gasteiger partial charge >= 0.3 is 0 Å². The van der Waals surface area contributed by atoms with Crippen LogP contribution in [0, 0.1) is 5.92 Å². The first kappa shape index (κ1) is 13.4. The lowest BCUT2D eigenvalue weighted by molar-refractivity contribution is -0.117. The van der Waals surface area contributed by atoms with Crippen molar-refractivity contribution in [3.8, 4) is 0 Å². The lowest BCUT2D eigenvalue weighted by atomic mass is 10.1. The molecule has 1 aliphatic rings. The molecule has 2 aromatic rings. The first-order chi connectivity index (χ1) is 10.2. The van der Waals surface area contributed by atoms with E-state index in [2.05, 4.69) is 5.32 Å². The van der Waals surface area contributed by atoms with Gasteiger partial charge in [-0.2, -0.15) is 0 Å². The average Bonchev–Trinajstić information content (AvgIpc) is 3.23. The fourth-order valence-electron chi connectivity index (χ4n) is 1.95. The van der Waals surface area contributed by atoms with E-state index >= 15 is 0 Å². The van der Waals surface area contributed by atoms with Crippen LogP contribution in [0.5, 0.6) is 0 Å². The second-order valence-corrected chi connectivity index (χ2v) is 5.05. The minimum Gasteiger partial charge on any atom is -0.465 e. The highest BCUT2D eigenvalue weighted by molar-refractivity contribution is 6.07. The molecule has 0 radical (unpaired) electrons. The first-order valence-electron chi connectivity index (χ1n) is 6.89. The zero-order valence-electron chi connectivity index (χ0n) is 11.4. The van der Waals surface area contributed by atoms with Gasteiger partial charge in [0.25, 0.3) is 0 Å². The van der Waals surface area contributed by atoms with E-state index in [1.165, 1.54) is 6.08 Å². The summed E-state index contributed by atoms with van der Waals surface area (Å²) in [6.45, 7) is 0. The lowest BCUT2D eigenvalue weighted by Gasteiger charge is -2.04. The van der Waals surface area contributed by atoms with Crippen molar-refractivity contribution in [1.29, 1.82) is 0 Å². The second-order valence-electron chi connectivity index (χ2n) is 5.05. The zero-order valence-corrected chi connectivity index (χ0v) is 11.4. The molecule has 1 N–H and O–H groups in total. The van der Waals surface area contributed by atoms with E-state index in [1.54, 1.807) is 48.7 Å². The highest BCUT2D eigenvalue weighted by atomic mass is 16.3. The van der Waals surface area contributed by atoms with Crippen LogP contribution in [0.25, 0.3) is 6.08 Å². The maximum Gasteiger partial charge on any atom is 0.227 e. The van der Waals surface area contributed by atoms with E-state index in [-0.39, 0.29) is 17.6 Å². The van der Waals surface area contributed by atoms with Gasteiger partial charge in [-0.15, -0.1) is 0 Å². The summed E-state index contributed by atoms with van der Waals surface area (Å²) in [6, 6.07) is 10.4. The molecule has 0 bridgehead atoms. The van der Waals surface area contributed by atoms with Crippen molar-refractivity contribution >= 4 is 23.5 Å². The largest absolute Gasteiger partial charge is 0.465 e. The monoisotopic (exact) mass is 281 g/mol. The summed E-state index contributed by atoms with van der Waals surface area (Å²) in [4.78, 5) is 23.6. The summed E-state index contributed by atoms with van der Waals surface area (Å²) < 4.78 is 5.12. The molecule has 1 fully saturated rings. The topological polar surface area (TPSA) is 59.3 Å². The standard InChI is InChI=1S/C17H15NO3/c19-16(10-9-15-2-1-11-21-15)12-5-7-14(8-6-12)18-17(20)13-3-4-13/h1-2,5-11,13H,3-4H2,(H,18,20)/b10-9+. The summed E-state index contributed by atoms with van der Waals surface area (Å²) >= 11 is 0. The number of hydrogen-bond donors (Lipinski definition) is 1. The van der Waals surface area contributed by atoms with E-state index in [1.807, 2.05) is 0 Å². The fraction of sp³-hybridized carbons (Fsp3) is 0.176. The number of carbonyl (C=O) groups excluding carboxylic acids is 2. The molecule has 0 spiro atoms. The van der Waals surface area contributed by atoms with Crippen LogP contribution >= 0.6 is 0 Å². The van der Waals surface area contributed by atoms with Crippen molar-refractivity contribution in [1.82, 2.24) is 0 Å². The SMILES string of the molecule is O=C(/C=C/c1ccco1)c1ccc(NC(=O)C2CC2)cc1. The van der Waals surface area contributed by atoms with Gasteiger partial charge in [-0.05, 0) is 61.4 Å². The molecule has 0 atom stereocenters. The third-order valence-electron chi connectivity index (χ3n) is 3.33. The van der Waals surface area contributed by atoms with Gasteiger partial charge in [-0.25, -0.2) is 0 Å². The smallest absolute Gasteiger partial charge is 0.227 e. The molecule has 4 nitrogen and oxygen atoms in total. The summed E-state index contributed by atoms with van der Waals surface area (Å²) in [5, 5.41) is 2.84. The third-order valence-corrected chi connectivity index (χ3v) is 3.33. The number of anilines is 1. The summed E-state index contributed by atoms with van der Waals surface area (Å²) in [7, 11) is 0. The molecule has 1 aromatic heterocycles. The molecule has 0 saturated heterocycles. The summed E-state index contributed by atoms with van der Waals surface area (Å²) in [5.41, 5.74) is 1.29. The molecule has 3 rings (SSSR count). The Morgan fingerprint density at radius 2 is 1.90 bits per heavy atom. The normalized spacial score (nSPS) is 14.3. The molecular formula is C17H15NO3. The molecule has 106 valence electrons. The van der Waals surface area contributed by atoms with Gasteiger partial charge in [0.05, 0.1) is 6.26 Å². The van der Waals surface area contributed by atoms with Gasteiger partial charge in [0.1, 0.15) is 5.76 Å².